The molecule has 0 aliphatic rings. The Balaban J connectivity index is 2.20. The van der Waals surface area contributed by atoms with E-state index in [4.69, 9.17) is 5.73 Å². The van der Waals surface area contributed by atoms with Gasteiger partial charge in [-0.1, -0.05) is 6.92 Å². The highest BCUT2D eigenvalue weighted by Gasteiger charge is 2.06. The molecule has 5 heteroatoms. The molecule has 0 aliphatic carbocycles. The second-order valence-corrected chi connectivity index (χ2v) is 3.65. The van der Waals surface area contributed by atoms with E-state index >= 15 is 0 Å². The maximum Gasteiger partial charge on any atom is 0.138 e. The average Bonchev–Trinajstić information content (AvgIpc) is 2.70. The van der Waals surface area contributed by atoms with Crippen molar-refractivity contribution < 1.29 is 0 Å². The molecule has 2 N–H and O–H groups in total. The Bertz CT molecular complexity index is 463. The molecule has 0 bridgehead atoms. The Labute approximate surface area is 94.3 Å². The van der Waals surface area contributed by atoms with Crippen molar-refractivity contribution in [2.75, 3.05) is 5.73 Å². The van der Waals surface area contributed by atoms with Crippen molar-refractivity contribution in [3.63, 3.8) is 0 Å². The molecule has 0 aliphatic heterocycles. The minimum absolute atomic E-state index is 0.680. The standard InChI is InChI=1S/C11H15N5/c1-2-5-16-11(14-8-15-16)6-9-7-13-4-3-10(9)12/h3-4,7-8H,2,5-6H2,1H3,(H2,12,13). The minimum atomic E-state index is 0.680. The maximum atomic E-state index is 5.86. The summed E-state index contributed by atoms with van der Waals surface area (Å²) < 4.78 is 1.91. The van der Waals surface area contributed by atoms with E-state index in [-0.39, 0.29) is 0 Å². The SMILES string of the molecule is CCCn1ncnc1Cc1cnccc1N. The van der Waals surface area contributed by atoms with Gasteiger partial charge >= 0.3 is 0 Å². The van der Waals surface area contributed by atoms with E-state index in [9.17, 15) is 0 Å². The third kappa shape index (κ3) is 2.18. The molecule has 0 amide bonds. The lowest BCUT2D eigenvalue weighted by atomic mass is 10.1. The number of nitrogens with two attached hydrogens (primary N) is 1. The smallest absolute Gasteiger partial charge is 0.138 e. The van der Waals surface area contributed by atoms with Gasteiger partial charge in [-0.15, -0.1) is 0 Å². The second-order valence-electron chi connectivity index (χ2n) is 3.65. The van der Waals surface area contributed by atoms with E-state index in [0.29, 0.717) is 6.42 Å². The minimum Gasteiger partial charge on any atom is -0.398 e. The van der Waals surface area contributed by atoms with Crippen LogP contribution < -0.4 is 5.73 Å². The van der Waals surface area contributed by atoms with Crippen LogP contribution in [0, 0.1) is 0 Å². The third-order valence-corrected chi connectivity index (χ3v) is 2.42. The topological polar surface area (TPSA) is 69.6 Å². The van der Waals surface area contributed by atoms with Gasteiger partial charge in [0.1, 0.15) is 12.2 Å². The number of nitrogens with zero attached hydrogens (tertiary/aromatic N) is 4. The van der Waals surface area contributed by atoms with Crippen LogP contribution in [0.25, 0.3) is 0 Å². The number of aryl methyl sites for hydroxylation is 1. The second kappa shape index (κ2) is 4.74. The van der Waals surface area contributed by atoms with Gasteiger partial charge in [-0.3, -0.25) is 4.98 Å². The monoisotopic (exact) mass is 217 g/mol. The molecule has 0 saturated carbocycles. The normalized spacial score (nSPS) is 10.6. The molecule has 16 heavy (non-hydrogen) atoms. The summed E-state index contributed by atoms with van der Waals surface area (Å²) in [5, 5.41) is 4.18. The van der Waals surface area contributed by atoms with Crippen molar-refractivity contribution >= 4 is 5.69 Å². The van der Waals surface area contributed by atoms with Gasteiger partial charge in [0.15, 0.2) is 0 Å². The van der Waals surface area contributed by atoms with Crippen molar-refractivity contribution in [1.29, 1.82) is 0 Å². The summed E-state index contributed by atoms with van der Waals surface area (Å²) in [5.41, 5.74) is 7.61. The van der Waals surface area contributed by atoms with Crippen LogP contribution in [0.4, 0.5) is 5.69 Å². The van der Waals surface area contributed by atoms with Crippen LogP contribution in [-0.2, 0) is 13.0 Å². The molecule has 0 radical (unpaired) electrons. The zero-order valence-corrected chi connectivity index (χ0v) is 9.30. The summed E-state index contributed by atoms with van der Waals surface area (Å²) in [6.45, 7) is 3.00. The molecule has 5 nitrogen and oxygen atoms in total. The number of nitrogen functional groups attached to an aromatic ring is 1. The van der Waals surface area contributed by atoms with Crippen LogP contribution >= 0.6 is 0 Å². The molecule has 0 spiro atoms. The van der Waals surface area contributed by atoms with E-state index in [1.54, 1.807) is 24.8 Å². The fraction of sp³-hybridized carbons (Fsp3) is 0.364. The largest absolute Gasteiger partial charge is 0.398 e. The maximum absolute atomic E-state index is 5.86. The Morgan fingerprint density at radius 1 is 1.44 bits per heavy atom. The van der Waals surface area contributed by atoms with Crippen molar-refractivity contribution in [3.8, 4) is 0 Å². The number of hydrogen-bond acceptors (Lipinski definition) is 4. The van der Waals surface area contributed by atoms with Gasteiger partial charge < -0.3 is 5.73 Å². The molecule has 84 valence electrons. The zero-order chi connectivity index (χ0) is 11.4. The fourth-order valence-electron chi connectivity index (χ4n) is 1.58. The summed E-state index contributed by atoms with van der Waals surface area (Å²) >= 11 is 0. The van der Waals surface area contributed by atoms with Gasteiger partial charge in [0.05, 0.1) is 0 Å². The summed E-state index contributed by atoms with van der Waals surface area (Å²) in [6, 6.07) is 1.80. The lowest BCUT2D eigenvalue weighted by Gasteiger charge is -2.06. The summed E-state index contributed by atoms with van der Waals surface area (Å²) in [7, 11) is 0. The lowest BCUT2D eigenvalue weighted by molar-refractivity contribution is 0.576. The number of rotatable bonds is 4. The number of pyridine rings is 1. The predicted octanol–water partition coefficient (Wildman–Crippen LogP) is 1.26. The molecule has 2 rings (SSSR count). The van der Waals surface area contributed by atoms with Gasteiger partial charge in [0.25, 0.3) is 0 Å². The first-order valence-electron chi connectivity index (χ1n) is 5.36. The lowest BCUT2D eigenvalue weighted by Crippen LogP contribution is -2.07. The third-order valence-electron chi connectivity index (χ3n) is 2.42. The van der Waals surface area contributed by atoms with E-state index in [1.165, 1.54) is 0 Å². The van der Waals surface area contributed by atoms with E-state index in [0.717, 1.165) is 30.0 Å². The van der Waals surface area contributed by atoms with Crippen molar-refractivity contribution in [1.82, 2.24) is 19.7 Å². The van der Waals surface area contributed by atoms with Crippen molar-refractivity contribution in [2.45, 2.75) is 26.3 Å². The Hall–Kier alpha value is -1.91. The van der Waals surface area contributed by atoms with Crippen LogP contribution in [0.5, 0.6) is 0 Å². The van der Waals surface area contributed by atoms with Crippen LogP contribution in [-0.4, -0.2) is 19.7 Å². The molecule has 0 saturated heterocycles. The summed E-state index contributed by atoms with van der Waals surface area (Å²) in [4.78, 5) is 8.30. The first-order chi connectivity index (χ1) is 7.81. The highest BCUT2D eigenvalue weighted by Crippen LogP contribution is 2.13. The number of anilines is 1. The summed E-state index contributed by atoms with van der Waals surface area (Å²) in [5.74, 6) is 0.932. The number of aromatic nitrogens is 4. The van der Waals surface area contributed by atoms with E-state index < -0.39 is 0 Å². The molecule has 0 unspecified atom stereocenters. The van der Waals surface area contributed by atoms with Gasteiger partial charge in [0.2, 0.25) is 0 Å². The molecule has 2 aromatic heterocycles. The van der Waals surface area contributed by atoms with Crippen LogP contribution in [0.2, 0.25) is 0 Å². The molecule has 2 aromatic rings. The quantitative estimate of drug-likeness (QED) is 0.837. The zero-order valence-electron chi connectivity index (χ0n) is 9.30. The van der Waals surface area contributed by atoms with Crippen molar-refractivity contribution in [2.24, 2.45) is 0 Å². The fourth-order valence-corrected chi connectivity index (χ4v) is 1.58. The Kier molecular flexibility index (Phi) is 3.14. The summed E-state index contributed by atoms with van der Waals surface area (Å²) in [6.07, 6.45) is 6.77. The van der Waals surface area contributed by atoms with Crippen LogP contribution in [0.3, 0.4) is 0 Å². The van der Waals surface area contributed by atoms with Crippen LogP contribution in [0.15, 0.2) is 24.8 Å². The van der Waals surface area contributed by atoms with E-state index in [2.05, 4.69) is 22.0 Å². The number of hydrogen-bond donors (Lipinski definition) is 1. The van der Waals surface area contributed by atoms with Crippen LogP contribution in [0.1, 0.15) is 24.7 Å². The van der Waals surface area contributed by atoms with Gasteiger partial charge in [-0.25, -0.2) is 9.67 Å². The Morgan fingerprint density at radius 2 is 2.31 bits per heavy atom. The molecule has 2 heterocycles. The molecular weight excluding hydrogens is 202 g/mol. The highest BCUT2D eigenvalue weighted by atomic mass is 15.3. The average molecular weight is 217 g/mol. The van der Waals surface area contributed by atoms with Crippen molar-refractivity contribution in [3.05, 3.63) is 36.2 Å². The highest BCUT2D eigenvalue weighted by molar-refractivity contribution is 5.45. The van der Waals surface area contributed by atoms with Gasteiger partial charge in [0, 0.05) is 36.6 Å². The Morgan fingerprint density at radius 3 is 3.06 bits per heavy atom. The predicted molar refractivity (Wildman–Crippen MR) is 61.8 cm³/mol. The van der Waals surface area contributed by atoms with E-state index in [1.807, 2.05) is 4.68 Å². The molecule has 0 atom stereocenters. The first kappa shape index (κ1) is 10.6. The molecule has 0 fully saturated rings. The molecular formula is C11H15N5. The van der Waals surface area contributed by atoms with Gasteiger partial charge in [-0.05, 0) is 12.5 Å². The first-order valence-corrected chi connectivity index (χ1v) is 5.36. The van der Waals surface area contributed by atoms with Gasteiger partial charge in [-0.2, -0.15) is 5.10 Å². The molecule has 0 aromatic carbocycles.